The summed E-state index contributed by atoms with van der Waals surface area (Å²) in [6.07, 6.45) is -4.37. The van der Waals surface area contributed by atoms with Gasteiger partial charge < -0.3 is 4.74 Å². The van der Waals surface area contributed by atoms with Crippen molar-refractivity contribution in [1.82, 2.24) is 0 Å². The summed E-state index contributed by atoms with van der Waals surface area (Å²) in [7, 11) is 0. The summed E-state index contributed by atoms with van der Waals surface area (Å²) in [6.45, 7) is 0.000103. The second kappa shape index (κ2) is 4.61. The molecule has 0 bridgehead atoms. The Bertz CT molecular complexity index is 333. The van der Waals surface area contributed by atoms with Gasteiger partial charge in [0.2, 0.25) is 0 Å². The average Bonchev–Trinajstić information content (AvgIpc) is 2.09. The summed E-state index contributed by atoms with van der Waals surface area (Å²) in [5, 5.41) is 0. The first-order chi connectivity index (χ1) is 6.88. The van der Waals surface area contributed by atoms with Crippen molar-refractivity contribution in [2.45, 2.75) is 19.7 Å². The van der Waals surface area contributed by atoms with Crippen molar-refractivity contribution >= 4 is 0 Å². The molecule has 0 heterocycles. The molecule has 0 amide bonds. The third-order valence-corrected chi connectivity index (χ3v) is 1.72. The quantitative estimate of drug-likeness (QED) is 0.713. The predicted octanol–water partition coefficient (Wildman–Crippen LogP) is 3.21. The molecule has 0 spiro atoms. The normalized spacial score (nSPS) is 11.8. The fraction of sp³-hybridized carbons (Fsp3) is 0.400. The van der Waals surface area contributed by atoms with Crippen LogP contribution in [0.2, 0.25) is 0 Å². The third-order valence-electron chi connectivity index (χ3n) is 1.72. The molecule has 0 aliphatic rings. The first-order valence-electron chi connectivity index (χ1n) is 4.28. The highest BCUT2D eigenvalue weighted by Gasteiger charge is 2.27. The fourth-order valence-electron chi connectivity index (χ4n) is 1.09. The van der Waals surface area contributed by atoms with E-state index in [0.29, 0.717) is 0 Å². The van der Waals surface area contributed by atoms with Gasteiger partial charge in [0.1, 0.15) is 12.4 Å². The molecule has 0 unspecified atom stereocenters. The van der Waals surface area contributed by atoms with Crippen molar-refractivity contribution in [1.29, 1.82) is 0 Å². The zero-order valence-electron chi connectivity index (χ0n) is 8.07. The van der Waals surface area contributed by atoms with E-state index in [0.717, 1.165) is 5.56 Å². The van der Waals surface area contributed by atoms with E-state index in [-0.39, 0.29) is 12.2 Å². The van der Waals surface area contributed by atoms with Crippen LogP contribution < -0.4 is 0 Å². The van der Waals surface area contributed by atoms with Gasteiger partial charge >= 0.3 is 6.18 Å². The summed E-state index contributed by atoms with van der Waals surface area (Å²) in [6, 6.07) is 4.22. The van der Waals surface area contributed by atoms with Gasteiger partial charge in [-0.3, -0.25) is 0 Å². The van der Waals surface area contributed by atoms with Crippen molar-refractivity contribution in [2.75, 3.05) is 6.61 Å². The molecule has 84 valence electrons. The predicted molar refractivity (Wildman–Crippen MR) is 46.8 cm³/mol. The molecule has 1 aromatic rings. The van der Waals surface area contributed by atoms with Crippen LogP contribution in [0.5, 0.6) is 0 Å². The van der Waals surface area contributed by atoms with Gasteiger partial charge in [0.25, 0.3) is 0 Å². The lowest BCUT2D eigenvalue weighted by atomic mass is 10.1. The average molecular weight is 222 g/mol. The van der Waals surface area contributed by atoms with E-state index in [1.165, 1.54) is 12.1 Å². The van der Waals surface area contributed by atoms with Crippen LogP contribution in [0.3, 0.4) is 0 Å². The van der Waals surface area contributed by atoms with Crippen LogP contribution in [0.25, 0.3) is 0 Å². The minimum atomic E-state index is -4.37. The largest absolute Gasteiger partial charge is 0.411 e. The van der Waals surface area contributed by atoms with Crippen LogP contribution in [0.1, 0.15) is 11.1 Å². The molecule has 0 fully saturated rings. The van der Waals surface area contributed by atoms with Crippen molar-refractivity contribution < 1.29 is 22.3 Å². The Kier molecular flexibility index (Phi) is 3.68. The summed E-state index contributed by atoms with van der Waals surface area (Å²) >= 11 is 0. The summed E-state index contributed by atoms with van der Waals surface area (Å²) in [5.74, 6) is -0.553. The highest BCUT2D eigenvalue weighted by molar-refractivity contribution is 5.23. The lowest BCUT2D eigenvalue weighted by Crippen LogP contribution is -2.17. The smallest absolute Gasteiger partial charge is 0.367 e. The number of rotatable bonds is 3. The first kappa shape index (κ1) is 12.0. The number of ether oxygens (including phenoxy) is 1. The Labute approximate surface area is 84.7 Å². The molecule has 0 saturated heterocycles. The molecular weight excluding hydrogens is 212 g/mol. The molecule has 0 radical (unpaired) electrons. The van der Waals surface area contributed by atoms with Gasteiger partial charge in [-0.25, -0.2) is 4.39 Å². The number of alkyl halides is 3. The number of benzene rings is 1. The molecule has 0 aliphatic carbocycles. The van der Waals surface area contributed by atoms with Gasteiger partial charge in [-0.15, -0.1) is 0 Å². The Morgan fingerprint density at radius 1 is 1.27 bits per heavy atom. The highest BCUT2D eigenvalue weighted by Crippen LogP contribution is 2.17. The van der Waals surface area contributed by atoms with E-state index in [1.54, 1.807) is 13.0 Å². The third kappa shape index (κ3) is 4.29. The second-order valence-corrected chi connectivity index (χ2v) is 3.20. The highest BCUT2D eigenvalue weighted by atomic mass is 19.4. The van der Waals surface area contributed by atoms with E-state index in [2.05, 4.69) is 4.74 Å². The number of halogens is 4. The fourth-order valence-corrected chi connectivity index (χ4v) is 1.09. The van der Waals surface area contributed by atoms with Gasteiger partial charge in [0, 0.05) is 5.56 Å². The lowest BCUT2D eigenvalue weighted by Gasteiger charge is -2.08. The zero-order chi connectivity index (χ0) is 11.5. The minimum absolute atomic E-state index is 0.138. The topological polar surface area (TPSA) is 9.23 Å². The van der Waals surface area contributed by atoms with E-state index >= 15 is 0 Å². The maximum absolute atomic E-state index is 13.0. The molecule has 0 aliphatic heterocycles. The molecular formula is C10H10F4O. The second-order valence-electron chi connectivity index (χ2n) is 3.20. The maximum atomic E-state index is 13.0. The van der Waals surface area contributed by atoms with Crippen LogP contribution in [0.15, 0.2) is 18.2 Å². The molecule has 0 saturated carbocycles. The van der Waals surface area contributed by atoms with Crippen molar-refractivity contribution in [3.63, 3.8) is 0 Å². The summed E-state index contributed by atoms with van der Waals surface area (Å²) in [4.78, 5) is 0. The van der Waals surface area contributed by atoms with Crippen LogP contribution in [-0.4, -0.2) is 12.8 Å². The van der Waals surface area contributed by atoms with Gasteiger partial charge in [-0.1, -0.05) is 17.7 Å². The number of hydrogen-bond donors (Lipinski definition) is 0. The maximum Gasteiger partial charge on any atom is 0.411 e. The molecule has 1 aromatic carbocycles. The van der Waals surface area contributed by atoms with Crippen LogP contribution in [0.4, 0.5) is 17.6 Å². The molecule has 5 heteroatoms. The van der Waals surface area contributed by atoms with Gasteiger partial charge in [-0.2, -0.15) is 13.2 Å². The van der Waals surface area contributed by atoms with E-state index < -0.39 is 18.6 Å². The Morgan fingerprint density at radius 2 is 1.93 bits per heavy atom. The molecule has 1 rings (SSSR count). The van der Waals surface area contributed by atoms with E-state index in [4.69, 9.17) is 0 Å². The molecule has 0 atom stereocenters. The standard InChI is InChI=1S/C10H10F4O/c1-7-2-3-9(11)8(4-7)5-15-6-10(12,13)14/h2-4H,5-6H2,1H3. The first-order valence-corrected chi connectivity index (χ1v) is 4.28. The summed E-state index contributed by atoms with van der Waals surface area (Å²) < 4.78 is 52.5. The van der Waals surface area contributed by atoms with E-state index in [9.17, 15) is 17.6 Å². The molecule has 0 aromatic heterocycles. The van der Waals surface area contributed by atoms with Gasteiger partial charge in [-0.05, 0) is 13.0 Å². The lowest BCUT2D eigenvalue weighted by molar-refractivity contribution is -0.176. The van der Waals surface area contributed by atoms with Gasteiger partial charge in [0.15, 0.2) is 0 Å². The molecule has 0 N–H and O–H groups in total. The monoisotopic (exact) mass is 222 g/mol. The van der Waals surface area contributed by atoms with Crippen molar-refractivity contribution in [2.24, 2.45) is 0 Å². The van der Waals surface area contributed by atoms with Crippen LogP contribution in [0, 0.1) is 12.7 Å². The van der Waals surface area contributed by atoms with Crippen molar-refractivity contribution in [3.05, 3.63) is 35.1 Å². The van der Waals surface area contributed by atoms with Gasteiger partial charge in [0.05, 0.1) is 6.61 Å². The Hall–Kier alpha value is -1.10. The Balaban J connectivity index is 2.54. The minimum Gasteiger partial charge on any atom is -0.367 e. The molecule has 15 heavy (non-hydrogen) atoms. The summed E-state index contributed by atoms with van der Waals surface area (Å²) in [5.41, 5.74) is 0.918. The van der Waals surface area contributed by atoms with Crippen LogP contribution in [-0.2, 0) is 11.3 Å². The number of aryl methyl sites for hydroxylation is 1. The number of hydrogen-bond acceptors (Lipinski definition) is 1. The zero-order valence-corrected chi connectivity index (χ0v) is 8.07. The van der Waals surface area contributed by atoms with Crippen molar-refractivity contribution in [3.8, 4) is 0 Å². The Morgan fingerprint density at radius 3 is 2.53 bits per heavy atom. The SMILES string of the molecule is Cc1ccc(F)c(COCC(F)(F)F)c1. The van der Waals surface area contributed by atoms with Crippen LogP contribution >= 0.6 is 0 Å². The molecule has 1 nitrogen and oxygen atoms in total. The van der Waals surface area contributed by atoms with E-state index in [1.807, 2.05) is 0 Å².